The Bertz CT molecular complexity index is 552. The molecule has 0 saturated heterocycles. The molecule has 28 heavy (non-hydrogen) atoms. The summed E-state index contributed by atoms with van der Waals surface area (Å²) >= 11 is 0. The van der Waals surface area contributed by atoms with Crippen molar-refractivity contribution in [3.63, 3.8) is 0 Å². The molecule has 172 valence electrons. The van der Waals surface area contributed by atoms with Gasteiger partial charge in [0.1, 0.15) is 0 Å². The Morgan fingerprint density at radius 3 is 1.50 bits per heavy atom. The van der Waals surface area contributed by atoms with Gasteiger partial charge in [0.15, 0.2) is 0 Å². The molecule has 0 radical (unpaired) electrons. The van der Waals surface area contributed by atoms with E-state index in [9.17, 15) is 21.6 Å². The van der Waals surface area contributed by atoms with Crippen LogP contribution in [0.25, 0.3) is 0 Å². The van der Waals surface area contributed by atoms with Crippen LogP contribution in [0.1, 0.15) is 66.2 Å². The monoisotopic (exact) mass is 468 g/mol. The van der Waals surface area contributed by atoms with Crippen LogP contribution >= 0.6 is 6.83 Å². The van der Waals surface area contributed by atoms with Crippen LogP contribution in [0.15, 0.2) is 0 Å². The molecule has 0 aliphatic carbocycles. The summed E-state index contributed by atoms with van der Waals surface area (Å²) in [5.41, 5.74) is -5.43. The third kappa shape index (κ3) is 7.53. The van der Waals surface area contributed by atoms with Gasteiger partial charge in [-0.25, -0.2) is 0 Å². The summed E-state index contributed by atoms with van der Waals surface area (Å²) in [6, 6.07) is 0. The molecular weight excluding hydrogens is 428 g/mol. The van der Waals surface area contributed by atoms with Crippen molar-refractivity contribution in [1.82, 2.24) is 0 Å². The Balaban J connectivity index is 6.68. The topological polar surface area (TPSA) is 52.6 Å². The second-order valence-corrected chi connectivity index (χ2v) is 20.7. The predicted octanol–water partition coefficient (Wildman–Crippen LogP) is 6.92. The van der Waals surface area contributed by atoms with Gasteiger partial charge in [-0.3, -0.25) is 0 Å². The van der Waals surface area contributed by atoms with Crippen LogP contribution in [0.3, 0.4) is 0 Å². The van der Waals surface area contributed by atoms with Crippen molar-refractivity contribution in [1.29, 1.82) is 0 Å². The molecule has 0 bridgehead atoms. The molecular formula is C18H40F3O4PSSi. The third-order valence-electron chi connectivity index (χ3n) is 5.17. The van der Waals surface area contributed by atoms with Crippen LogP contribution in [0, 0.1) is 0 Å². The average Bonchev–Trinajstić information content (AvgIpc) is 2.53. The normalized spacial score (nSPS) is 16.6. The van der Waals surface area contributed by atoms with E-state index in [0.717, 1.165) is 19.3 Å². The zero-order valence-corrected chi connectivity index (χ0v) is 21.3. The molecule has 0 aromatic heterocycles. The first-order valence-corrected chi connectivity index (χ1v) is 17.9. The number of alkyl halides is 3. The van der Waals surface area contributed by atoms with Gasteiger partial charge in [0, 0.05) is 0 Å². The maximum atomic E-state index is 13.4. The fourth-order valence-corrected chi connectivity index (χ4v) is 15.5. The minimum absolute atomic E-state index is 0.350. The summed E-state index contributed by atoms with van der Waals surface area (Å²) in [6.45, 7) is 9.63. The molecule has 4 nitrogen and oxygen atoms in total. The molecule has 0 amide bonds. The molecule has 1 unspecified atom stereocenters. The molecule has 0 rings (SSSR count). The van der Waals surface area contributed by atoms with E-state index >= 15 is 0 Å². The van der Waals surface area contributed by atoms with Gasteiger partial charge >= 0.3 is 171 Å². The molecule has 10 heteroatoms. The number of unbranched alkanes of at least 4 members (excludes halogenated alkanes) is 3. The summed E-state index contributed by atoms with van der Waals surface area (Å²) in [7, 11) is -7.85. The van der Waals surface area contributed by atoms with Crippen molar-refractivity contribution in [2.75, 3.05) is 18.5 Å². The minimum atomic E-state index is -5.71. The molecule has 0 spiro atoms. The maximum absolute atomic E-state index is 13.4. The number of rotatable bonds is 14. The predicted molar refractivity (Wildman–Crippen MR) is 116 cm³/mol. The first-order chi connectivity index (χ1) is 12.6. The van der Waals surface area contributed by atoms with E-state index < -0.39 is 36.6 Å². The molecule has 1 atom stereocenters. The van der Waals surface area contributed by atoms with Crippen molar-refractivity contribution in [2.45, 2.75) is 97.2 Å². The van der Waals surface area contributed by atoms with Crippen LogP contribution in [-0.4, -0.2) is 46.6 Å². The molecule has 0 aromatic rings. The zero-order valence-electron chi connectivity index (χ0n) is 18.6. The summed E-state index contributed by atoms with van der Waals surface area (Å²) in [4.78, 5) is 0. The molecule has 0 N–H and O–H groups in total. The van der Waals surface area contributed by atoms with Gasteiger partial charge < -0.3 is 0 Å². The quantitative estimate of drug-likeness (QED) is 0.158. The van der Waals surface area contributed by atoms with Crippen molar-refractivity contribution in [3.05, 3.63) is 0 Å². The van der Waals surface area contributed by atoms with E-state index in [-0.39, 0.29) is 0 Å². The van der Waals surface area contributed by atoms with Gasteiger partial charge in [-0.15, -0.1) is 0 Å². The van der Waals surface area contributed by atoms with Crippen LogP contribution in [0.2, 0.25) is 19.6 Å². The van der Waals surface area contributed by atoms with Crippen molar-refractivity contribution >= 4 is 25.3 Å². The van der Waals surface area contributed by atoms with Gasteiger partial charge in [0.25, 0.3) is 0 Å². The van der Waals surface area contributed by atoms with Gasteiger partial charge in [-0.1, -0.05) is 0 Å². The third-order valence-corrected chi connectivity index (χ3v) is 15.5. The Morgan fingerprint density at radius 1 is 0.893 bits per heavy atom. The molecule has 0 fully saturated rings. The molecule has 0 aliphatic rings. The number of hydrogen-bond acceptors (Lipinski definition) is 4. The van der Waals surface area contributed by atoms with E-state index in [1.54, 1.807) is 6.92 Å². The first-order valence-electron chi connectivity index (χ1n) is 10.3. The Morgan fingerprint density at radius 2 is 1.25 bits per heavy atom. The van der Waals surface area contributed by atoms with E-state index in [2.05, 4.69) is 0 Å². The van der Waals surface area contributed by atoms with Crippen LogP contribution in [0.5, 0.6) is 0 Å². The fourth-order valence-electron chi connectivity index (χ4n) is 3.62. The summed E-state index contributed by atoms with van der Waals surface area (Å²) in [6.07, 6.45) is 5.19. The second-order valence-electron chi connectivity index (χ2n) is 8.75. The van der Waals surface area contributed by atoms with Crippen molar-refractivity contribution < 1.29 is 30.0 Å². The standard InChI is InChI=1S/C18H40F3O4PSSi/c1-8-11-14-26(15-12-9-2,16-13-10-3,17(4)24-28(5,6)7)25-27(22,23)18(19,20)21/h17H,8-16H2,1-7H3. The van der Waals surface area contributed by atoms with E-state index in [1.165, 1.54) is 0 Å². The molecule has 0 heterocycles. The van der Waals surface area contributed by atoms with Crippen LogP contribution in [-0.2, 0) is 18.5 Å². The van der Waals surface area contributed by atoms with Crippen molar-refractivity contribution in [3.8, 4) is 0 Å². The first kappa shape index (κ1) is 28.3. The summed E-state index contributed by atoms with van der Waals surface area (Å²) in [5.74, 6) is -0.639. The Hall–Kier alpha value is 0.307. The Labute approximate surface area is 171 Å². The van der Waals surface area contributed by atoms with Crippen molar-refractivity contribution in [2.24, 2.45) is 0 Å². The molecule has 0 saturated carbocycles. The van der Waals surface area contributed by atoms with Crippen LogP contribution in [0.4, 0.5) is 13.2 Å². The van der Waals surface area contributed by atoms with E-state index in [0.29, 0.717) is 37.7 Å². The van der Waals surface area contributed by atoms with Gasteiger partial charge in [0.2, 0.25) is 0 Å². The van der Waals surface area contributed by atoms with Gasteiger partial charge in [-0.05, 0) is 0 Å². The molecule has 0 aromatic carbocycles. The van der Waals surface area contributed by atoms with E-state index in [1.807, 2.05) is 40.4 Å². The summed E-state index contributed by atoms with van der Waals surface area (Å²) < 4.78 is 76.4. The average molecular weight is 469 g/mol. The van der Waals surface area contributed by atoms with Crippen LogP contribution < -0.4 is 0 Å². The summed E-state index contributed by atoms with van der Waals surface area (Å²) in [5, 5.41) is 0. The Kier molecular flexibility index (Phi) is 10.7. The fraction of sp³-hybridized carbons (Fsp3) is 1.00. The second kappa shape index (κ2) is 10.6. The number of halogens is 3. The SMILES string of the molecule is CCCCP(CCCC)(CCCC)(OS(=O)(=O)C(F)(F)F)C(C)O[Si](C)(C)C. The van der Waals surface area contributed by atoms with E-state index in [4.69, 9.17) is 8.40 Å². The number of hydrogen-bond donors (Lipinski definition) is 0. The molecule has 0 aliphatic heterocycles. The zero-order chi connectivity index (χ0) is 22.3. The van der Waals surface area contributed by atoms with Gasteiger partial charge in [0.05, 0.1) is 0 Å². The van der Waals surface area contributed by atoms with Gasteiger partial charge in [-0.2, -0.15) is 0 Å².